The van der Waals surface area contributed by atoms with Gasteiger partial charge >= 0.3 is 0 Å². The third-order valence-electron chi connectivity index (χ3n) is 1.76. The fourth-order valence-electron chi connectivity index (χ4n) is 1.25. The van der Waals surface area contributed by atoms with Gasteiger partial charge in [-0.1, -0.05) is 0 Å². The first-order chi connectivity index (χ1) is 6.31. The molecule has 0 amide bonds. The van der Waals surface area contributed by atoms with E-state index in [2.05, 4.69) is 10.1 Å². The summed E-state index contributed by atoms with van der Waals surface area (Å²) in [5, 5.41) is 4.04. The van der Waals surface area contributed by atoms with Crippen LogP contribution in [0.25, 0.3) is 5.65 Å². The minimum Gasteiger partial charge on any atom is -0.378 e. The van der Waals surface area contributed by atoms with Crippen molar-refractivity contribution >= 4 is 5.65 Å². The third-order valence-corrected chi connectivity index (χ3v) is 1.76. The Morgan fingerprint density at radius 3 is 3.31 bits per heavy atom. The van der Waals surface area contributed by atoms with Gasteiger partial charge in [-0.25, -0.2) is 4.52 Å². The van der Waals surface area contributed by atoms with E-state index in [-0.39, 0.29) is 5.56 Å². The number of methoxy groups -OCH3 is 1. The van der Waals surface area contributed by atoms with Crippen molar-refractivity contribution in [3.8, 4) is 0 Å². The van der Waals surface area contributed by atoms with Gasteiger partial charge in [-0.3, -0.25) is 4.79 Å². The molecule has 0 spiro atoms. The molecule has 5 heteroatoms. The van der Waals surface area contributed by atoms with Gasteiger partial charge in [0.2, 0.25) is 0 Å². The SMILES string of the molecule is COCc1cc(=O)[nH]c2ccnn12. The van der Waals surface area contributed by atoms with Crippen LogP contribution < -0.4 is 5.56 Å². The van der Waals surface area contributed by atoms with Crippen LogP contribution in [0.5, 0.6) is 0 Å². The minimum absolute atomic E-state index is 0.139. The van der Waals surface area contributed by atoms with Gasteiger partial charge in [0.25, 0.3) is 5.56 Å². The van der Waals surface area contributed by atoms with Gasteiger partial charge in [0, 0.05) is 19.2 Å². The molecule has 68 valence electrons. The van der Waals surface area contributed by atoms with Crippen molar-refractivity contribution < 1.29 is 4.74 Å². The Labute approximate surface area is 74.0 Å². The average Bonchev–Trinajstić information content (AvgIpc) is 2.52. The van der Waals surface area contributed by atoms with Crippen LogP contribution >= 0.6 is 0 Å². The highest BCUT2D eigenvalue weighted by molar-refractivity contribution is 5.36. The fourth-order valence-corrected chi connectivity index (χ4v) is 1.25. The van der Waals surface area contributed by atoms with Gasteiger partial charge in [-0.2, -0.15) is 5.10 Å². The summed E-state index contributed by atoms with van der Waals surface area (Å²) < 4.78 is 6.59. The largest absolute Gasteiger partial charge is 0.378 e. The fraction of sp³-hybridized carbons (Fsp3) is 0.250. The van der Waals surface area contributed by atoms with E-state index in [0.717, 1.165) is 5.69 Å². The normalized spacial score (nSPS) is 10.8. The van der Waals surface area contributed by atoms with Crippen LogP contribution in [0.15, 0.2) is 23.1 Å². The van der Waals surface area contributed by atoms with E-state index in [4.69, 9.17) is 4.74 Å². The Morgan fingerprint density at radius 1 is 1.69 bits per heavy atom. The lowest BCUT2D eigenvalue weighted by molar-refractivity contribution is 0.179. The molecular weight excluding hydrogens is 170 g/mol. The molecule has 2 aromatic heterocycles. The predicted octanol–water partition coefficient (Wildman–Crippen LogP) is 0.169. The quantitative estimate of drug-likeness (QED) is 0.714. The van der Waals surface area contributed by atoms with Crippen LogP contribution in [-0.4, -0.2) is 21.7 Å². The summed E-state index contributed by atoms with van der Waals surface area (Å²) in [5.41, 5.74) is 1.28. The van der Waals surface area contributed by atoms with Crippen molar-refractivity contribution in [2.45, 2.75) is 6.61 Å². The number of nitrogens with zero attached hydrogens (tertiary/aromatic N) is 2. The molecule has 2 rings (SSSR count). The Morgan fingerprint density at radius 2 is 2.54 bits per heavy atom. The molecule has 0 saturated heterocycles. The summed E-state index contributed by atoms with van der Waals surface area (Å²) in [5.74, 6) is 0. The van der Waals surface area contributed by atoms with Crippen molar-refractivity contribution in [3.05, 3.63) is 34.4 Å². The van der Waals surface area contributed by atoms with E-state index in [1.54, 1.807) is 23.9 Å². The second-order valence-electron chi connectivity index (χ2n) is 2.69. The maximum atomic E-state index is 11.1. The van der Waals surface area contributed by atoms with Crippen LogP contribution in [0.1, 0.15) is 5.69 Å². The van der Waals surface area contributed by atoms with Crippen LogP contribution in [0.3, 0.4) is 0 Å². The van der Waals surface area contributed by atoms with Crippen LogP contribution in [-0.2, 0) is 11.3 Å². The zero-order valence-corrected chi connectivity index (χ0v) is 7.15. The molecule has 2 heterocycles. The lowest BCUT2D eigenvalue weighted by Gasteiger charge is -2.01. The number of H-pyrrole nitrogens is 1. The predicted molar refractivity (Wildman–Crippen MR) is 46.5 cm³/mol. The summed E-state index contributed by atoms with van der Waals surface area (Å²) in [6.07, 6.45) is 1.63. The highest BCUT2D eigenvalue weighted by Gasteiger charge is 2.01. The third kappa shape index (κ3) is 1.33. The first-order valence-corrected chi connectivity index (χ1v) is 3.86. The van der Waals surface area contributed by atoms with Crippen molar-refractivity contribution in [2.75, 3.05) is 7.11 Å². The lowest BCUT2D eigenvalue weighted by Crippen LogP contribution is -2.12. The van der Waals surface area contributed by atoms with Gasteiger partial charge in [-0.05, 0) is 0 Å². The van der Waals surface area contributed by atoms with E-state index < -0.39 is 0 Å². The molecule has 0 aliphatic rings. The monoisotopic (exact) mass is 179 g/mol. The molecule has 0 unspecified atom stereocenters. The first-order valence-electron chi connectivity index (χ1n) is 3.86. The van der Waals surface area contributed by atoms with Gasteiger partial charge < -0.3 is 9.72 Å². The zero-order valence-electron chi connectivity index (χ0n) is 7.15. The van der Waals surface area contributed by atoms with E-state index >= 15 is 0 Å². The summed E-state index contributed by atoms with van der Waals surface area (Å²) in [6, 6.07) is 3.21. The zero-order chi connectivity index (χ0) is 9.26. The summed E-state index contributed by atoms with van der Waals surface area (Å²) in [6.45, 7) is 0.377. The molecule has 5 nitrogen and oxygen atoms in total. The molecule has 0 saturated carbocycles. The number of nitrogens with one attached hydrogen (secondary N) is 1. The Balaban J connectivity index is 2.70. The molecule has 0 aliphatic heterocycles. The van der Waals surface area contributed by atoms with E-state index in [0.29, 0.717) is 12.3 Å². The summed E-state index contributed by atoms with van der Waals surface area (Å²) in [4.78, 5) is 13.8. The second kappa shape index (κ2) is 3.02. The molecular formula is C8H9N3O2. The second-order valence-corrected chi connectivity index (χ2v) is 2.69. The van der Waals surface area contributed by atoms with Gasteiger partial charge in [0.1, 0.15) is 5.65 Å². The van der Waals surface area contributed by atoms with Crippen molar-refractivity contribution in [3.63, 3.8) is 0 Å². The lowest BCUT2D eigenvalue weighted by atomic mass is 10.4. The van der Waals surface area contributed by atoms with E-state index in [9.17, 15) is 4.79 Å². The Hall–Kier alpha value is -1.62. The molecule has 0 aromatic carbocycles. The minimum atomic E-state index is -0.139. The van der Waals surface area contributed by atoms with Crippen molar-refractivity contribution in [1.82, 2.24) is 14.6 Å². The molecule has 2 aromatic rings. The molecule has 1 N–H and O–H groups in total. The standard InChI is InChI=1S/C8H9N3O2/c1-13-5-6-4-8(12)10-7-2-3-9-11(6)7/h2-4H,5H2,1H3,(H,10,12). The molecule has 0 bridgehead atoms. The summed E-state index contributed by atoms with van der Waals surface area (Å²) in [7, 11) is 1.58. The van der Waals surface area contributed by atoms with Gasteiger partial charge in [-0.15, -0.1) is 0 Å². The maximum Gasteiger partial charge on any atom is 0.251 e. The number of hydrogen-bond acceptors (Lipinski definition) is 3. The topological polar surface area (TPSA) is 59.4 Å². The first kappa shape index (κ1) is 8.00. The van der Waals surface area contributed by atoms with Crippen molar-refractivity contribution in [1.29, 1.82) is 0 Å². The number of rotatable bonds is 2. The average molecular weight is 179 g/mol. The Bertz CT molecular complexity index is 471. The van der Waals surface area contributed by atoms with Crippen LogP contribution in [0.4, 0.5) is 0 Å². The molecule has 0 aliphatic carbocycles. The number of hydrogen-bond donors (Lipinski definition) is 1. The molecule has 0 atom stereocenters. The highest BCUT2D eigenvalue weighted by Crippen LogP contribution is 2.00. The smallest absolute Gasteiger partial charge is 0.251 e. The van der Waals surface area contributed by atoms with Gasteiger partial charge in [0.05, 0.1) is 18.5 Å². The molecule has 0 fully saturated rings. The van der Waals surface area contributed by atoms with Crippen molar-refractivity contribution in [2.24, 2.45) is 0 Å². The van der Waals surface area contributed by atoms with E-state index in [1.807, 2.05) is 0 Å². The van der Waals surface area contributed by atoms with Gasteiger partial charge in [0.15, 0.2) is 0 Å². The summed E-state index contributed by atoms with van der Waals surface area (Å²) >= 11 is 0. The molecule has 0 radical (unpaired) electrons. The maximum absolute atomic E-state index is 11.1. The number of fused-ring (bicyclic) bond motifs is 1. The highest BCUT2D eigenvalue weighted by atomic mass is 16.5. The number of ether oxygens (including phenoxy) is 1. The molecule has 13 heavy (non-hydrogen) atoms. The number of aromatic nitrogens is 3. The van der Waals surface area contributed by atoms with Crippen LogP contribution in [0, 0.1) is 0 Å². The van der Waals surface area contributed by atoms with Crippen LogP contribution in [0.2, 0.25) is 0 Å². The number of aromatic amines is 1. The van der Waals surface area contributed by atoms with E-state index in [1.165, 1.54) is 6.07 Å². The Kier molecular flexibility index (Phi) is 1.86.